The molecule has 0 aliphatic carbocycles. The van der Waals surface area contributed by atoms with Crippen LogP contribution >= 0.6 is 22.6 Å². The quantitative estimate of drug-likeness (QED) is 0.121. The van der Waals surface area contributed by atoms with E-state index in [-0.39, 0.29) is 28.8 Å². The van der Waals surface area contributed by atoms with Crippen LogP contribution in [0.15, 0.2) is 0 Å². The summed E-state index contributed by atoms with van der Waals surface area (Å²) in [5.74, 6) is -0.160. The molecule has 0 spiro atoms. The minimum absolute atomic E-state index is 0.0426. The van der Waals surface area contributed by atoms with Gasteiger partial charge in [-0.15, -0.1) is 0 Å². The Bertz CT molecular complexity index is 453. The standard InChI is InChI=1S/C20H37IN2O7/c1-2-3-4-5-6-7-19(25)22-8-10-27-13-15-30-17-20(26)23-9-11-28-12-14-29-16-18(21)24/h2-17H2,1H3,(H,22,25)(H,23,26). The topological polar surface area (TPSA) is 112 Å². The van der Waals surface area contributed by atoms with E-state index in [1.54, 1.807) is 22.6 Å². The molecule has 0 unspecified atom stereocenters. The van der Waals surface area contributed by atoms with Crippen LogP contribution in [0.4, 0.5) is 0 Å². The van der Waals surface area contributed by atoms with Crippen LogP contribution in [-0.2, 0) is 33.3 Å². The van der Waals surface area contributed by atoms with Crippen LogP contribution in [0.1, 0.15) is 45.4 Å². The lowest BCUT2D eigenvalue weighted by molar-refractivity contribution is -0.126. The van der Waals surface area contributed by atoms with E-state index >= 15 is 0 Å². The smallest absolute Gasteiger partial charge is 0.246 e. The second kappa shape index (κ2) is 22.9. The molecule has 176 valence electrons. The van der Waals surface area contributed by atoms with Crippen molar-refractivity contribution in [2.45, 2.75) is 45.4 Å². The summed E-state index contributed by atoms with van der Waals surface area (Å²) in [5, 5.41) is 5.50. The van der Waals surface area contributed by atoms with Crippen molar-refractivity contribution in [2.24, 2.45) is 0 Å². The van der Waals surface area contributed by atoms with E-state index in [1.165, 1.54) is 19.3 Å². The second-order valence-corrected chi connectivity index (χ2v) is 7.75. The number of amides is 2. The van der Waals surface area contributed by atoms with Gasteiger partial charge in [-0.3, -0.25) is 14.4 Å². The number of hydrogen-bond donors (Lipinski definition) is 2. The first kappa shape index (κ1) is 29.2. The number of carbonyl (C=O) groups is 3. The van der Waals surface area contributed by atoms with Crippen LogP contribution in [0.2, 0.25) is 0 Å². The maximum atomic E-state index is 11.6. The number of nitrogens with one attached hydrogen (secondary N) is 2. The molecule has 0 saturated heterocycles. The molecule has 0 heterocycles. The van der Waals surface area contributed by atoms with Crippen molar-refractivity contribution in [2.75, 3.05) is 65.9 Å². The fourth-order valence-electron chi connectivity index (χ4n) is 2.31. The Morgan fingerprint density at radius 1 is 0.667 bits per heavy atom. The Labute approximate surface area is 193 Å². The fraction of sp³-hybridized carbons (Fsp3) is 0.850. The molecule has 0 aromatic rings. The zero-order valence-electron chi connectivity index (χ0n) is 18.0. The highest BCUT2D eigenvalue weighted by Crippen LogP contribution is 2.04. The van der Waals surface area contributed by atoms with E-state index in [1.807, 2.05) is 0 Å². The SMILES string of the molecule is CCCCCCCC(=O)NCCOCCOCC(=O)NCCOCCOCC(=O)I. The van der Waals surface area contributed by atoms with Gasteiger partial charge in [0.25, 0.3) is 0 Å². The summed E-state index contributed by atoms with van der Waals surface area (Å²) in [6, 6.07) is 0. The van der Waals surface area contributed by atoms with Gasteiger partial charge < -0.3 is 29.6 Å². The molecule has 10 heteroatoms. The molecular formula is C20H37IN2O7. The third-order valence-corrected chi connectivity index (χ3v) is 4.15. The molecule has 0 aliphatic heterocycles. The third kappa shape index (κ3) is 23.5. The van der Waals surface area contributed by atoms with E-state index in [0.717, 1.165) is 12.8 Å². The Balaban J connectivity index is 3.27. The average molecular weight is 544 g/mol. The average Bonchev–Trinajstić information content (AvgIpc) is 2.71. The highest BCUT2D eigenvalue weighted by atomic mass is 127. The minimum atomic E-state index is -0.225. The number of carbonyl (C=O) groups excluding carboxylic acids is 3. The van der Waals surface area contributed by atoms with Gasteiger partial charge in [-0.2, -0.15) is 0 Å². The number of ether oxygens (including phenoxy) is 4. The van der Waals surface area contributed by atoms with Crippen LogP contribution in [0.3, 0.4) is 0 Å². The monoisotopic (exact) mass is 544 g/mol. The summed E-state index contributed by atoms with van der Waals surface area (Å²) < 4.78 is 20.8. The molecule has 0 radical (unpaired) electrons. The van der Waals surface area contributed by atoms with Gasteiger partial charge in [0.15, 0.2) is 0 Å². The molecule has 0 aromatic heterocycles. The number of halogens is 1. The van der Waals surface area contributed by atoms with Crippen molar-refractivity contribution in [3.63, 3.8) is 0 Å². The number of unbranched alkanes of at least 4 members (excludes halogenated alkanes) is 4. The molecule has 0 bridgehead atoms. The summed E-state index contributed by atoms with van der Waals surface area (Å²) in [6.07, 6.45) is 6.23. The highest BCUT2D eigenvalue weighted by Gasteiger charge is 2.02. The lowest BCUT2D eigenvalue weighted by Gasteiger charge is -2.08. The van der Waals surface area contributed by atoms with Crippen molar-refractivity contribution < 1.29 is 33.3 Å². The lowest BCUT2D eigenvalue weighted by atomic mass is 10.1. The minimum Gasteiger partial charge on any atom is -0.377 e. The number of hydrogen-bond acceptors (Lipinski definition) is 7. The van der Waals surface area contributed by atoms with Crippen LogP contribution in [0.25, 0.3) is 0 Å². The molecule has 0 fully saturated rings. The second-order valence-electron chi connectivity index (χ2n) is 6.55. The molecule has 0 aromatic carbocycles. The molecular weight excluding hydrogens is 507 g/mol. The zero-order chi connectivity index (χ0) is 22.3. The van der Waals surface area contributed by atoms with E-state index in [4.69, 9.17) is 18.9 Å². The molecule has 30 heavy (non-hydrogen) atoms. The van der Waals surface area contributed by atoms with Crippen molar-refractivity contribution in [3.05, 3.63) is 0 Å². The Morgan fingerprint density at radius 2 is 1.20 bits per heavy atom. The van der Waals surface area contributed by atoms with Gasteiger partial charge in [-0.05, 0) is 6.42 Å². The fourth-order valence-corrected chi connectivity index (χ4v) is 2.53. The zero-order valence-corrected chi connectivity index (χ0v) is 20.2. The van der Waals surface area contributed by atoms with E-state index < -0.39 is 0 Å². The summed E-state index contributed by atoms with van der Waals surface area (Å²) >= 11 is 1.67. The Morgan fingerprint density at radius 3 is 1.80 bits per heavy atom. The van der Waals surface area contributed by atoms with Gasteiger partial charge in [0.2, 0.25) is 15.6 Å². The highest BCUT2D eigenvalue weighted by molar-refractivity contribution is 14.1. The first-order chi connectivity index (χ1) is 14.6. The van der Waals surface area contributed by atoms with Gasteiger partial charge in [0.1, 0.15) is 13.2 Å². The largest absolute Gasteiger partial charge is 0.377 e. The maximum absolute atomic E-state index is 11.6. The van der Waals surface area contributed by atoms with Crippen LogP contribution in [-0.4, -0.2) is 81.5 Å². The Kier molecular flexibility index (Phi) is 22.2. The molecule has 0 aliphatic rings. The van der Waals surface area contributed by atoms with Crippen molar-refractivity contribution in [1.82, 2.24) is 10.6 Å². The van der Waals surface area contributed by atoms with Crippen LogP contribution < -0.4 is 10.6 Å². The van der Waals surface area contributed by atoms with Crippen molar-refractivity contribution in [1.29, 1.82) is 0 Å². The molecule has 0 saturated carbocycles. The Hall–Kier alpha value is -0.820. The maximum Gasteiger partial charge on any atom is 0.246 e. The van der Waals surface area contributed by atoms with Gasteiger partial charge in [-0.1, -0.05) is 32.6 Å². The molecule has 0 atom stereocenters. The van der Waals surface area contributed by atoms with Crippen molar-refractivity contribution in [3.8, 4) is 0 Å². The first-order valence-electron chi connectivity index (χ1n) is 10.6. The summed E-state index contributed by atoms with van der Waals surface area (Å²) in [7, 11) is 0. The molecule has 0 rings (SSSR count). The molecule has 2 amide bonds. The summed E-state index contributed by atoms with van der Waals surface area (Å²) in [4.78, 5) is 33.8. The van der Waals surface area contributed by atoms with Crippen molar-refractivity contribution >= 4 is 38.2 Å². The van der Waals surface area contributed by atoms with E-state index in [0.29, 0.717) is 59.2 Å². The van der Waals surface area contributed by atoms with E-state index in [9.17, 15) is 14.4 Å². The van der Waals surface area contributed by atoms with Crippen LogP contribution in [0.5, 0.6) is 0 Å². The van der Waals surface area contributed by atoms with E-state index in [2.05, 4.69) is 17.6 Å². The van der Waals surface area contributed by atoms with Gasteiger partial charge >= 0.3 is 0 Å². The third-order valence-electron chi connectivity index (χ3n) is 3.84. The normalized spacial score (nSPS) is 10.7. The predicted octanol–water partition coefficient (Wildman–Crippen LogP) is 1.61. The van der Waals surface area contributed by atoms with Gasteiger partial charge in [-0.25, -0.2) is 0 Å². The molecule has 9 nitrogen and oxygen atoms in total. The first-order valence-corrected chi connectivity index (χ1v) is 11.7. The predicted molar refractivity (Wildman–Crippen MR) is 122 cm³/mol. The molecule has 2 N–H and O–H groups in total. The van der Waals surface area contributed by atoms with Crippen LogP contribution in [0, 0.1) is 0 Å². The summed E-state index contributed by atoms with van der Waals surface area (Å²) in [6.45, 7) is 5.23. The summed E-state index contributed by atoms with van der Waals surface area (Å²) in [5.41, 5.74) is 0. The van der Waals surface area contributed by atoms with Gasteiger partial charge in [0, 0.05) is 42.1 Å². The number of rotatable bonds is 22. The lowest BCUT2D eigenvalue weighted by Crippen LogP contribution is -2.31. The van der Waals surface area contributed by atoms with Gasteiger partial charge in [0.05, 0.1) is 39.6 Å².